The van der Waals surface area contributed by atoms with Crippen LogP contribution in [0.25, 0.3) is 87.2 Å². The van der Waals surface area contributed by atoms with Crippen LogP contribution >= 0.6 is 7.14 Å². The van der Waals surface area contributed by atoms with Crippen molar-refractivity contribution in [3.8, 4) is 33.4 Å². The Bertz CT molecular complexity index is 3210. The second-order valence-corrected chi connectivity index (χ2v) is 17.5. The van der Waals surface area contributed by atoms with Crippen LogP contribution in [0, 0.1) is 0 Å². The van der Waals surface area contributed by atoms with E-state index in [0.717, 1.165) is 27.0 Å². The van der Waals surface area contributed by atoms with Gasteiger partial charge in [-0.15, -0.1) is 0 Å². The molecule has 0 unspecified atom stereocenters. The number of hydrogen-bond donors (Lipinski definition) is 0. The molecule has 0 fully saturated rings. The summed E-state index contributed by atoms with van der Waals surface area (Å²) in [5, 5.41) is 15.0. The van der Waals surface area contributed by atoms with Gasteiger partial charge in [0.2, 0.25) is 0 Å². The van der Waals surface area contributed by atoms with E-state index in [2.05, 4.69) is 146 Å². The zero-order valence-corrected chi connectivity index (χ0v) is 31.5. The van der Waals surface area contributed by atoms with E-state index < -0.39 is 7.14 Å². The molecule has 11 aromatic rings. The normalized spacial score (nSPS) is 12.0. The average molecular weight is 731 g/mol. The Morgan fingerprint density at radius 3 is 1.30 bits per heavy atom. The monoisotopic (exact) mass is 730 g/mol. The predicted molar refractivity (Wildman–Crippen MR) is 241 cm³/mol. The third-order valence-corrected chi connectivity index (χ3v) is 14.7. The minimum Gasteiger partial charge on any atom is -0.309 e. The van der Waals surface area contributed by atoms with Crippen molar-refractivity contribution in [2.75, 3.05) is 0 Å². The maximum Gasteiger partial charge on any atom is 0.171 e. The molecule has 0 spiro atoms. The molecule has 11 rings (SSSR count). The van der Waals surface area contributed by atoms with Gasteiger partial charge in [-0.25, -0.2) is 0 Å². The average Bonchev–Trinajstić information content (AvgIpc) is 3.27. The van der Waals surface area contributed by atoms with Gasteiger partial charge < -0.3 is 4.57 Å². The molecule has 0 saturated heterocycles. The van der Waals surface area contributed by atoms with Crippen LogP contribution in [0.5, 0.6) is 0 Å². The molecule has 0 N–H and O–H groups in total. The molecule has 0 aromatic heterocycles. The Hall–Kier alpha value is -6.79. The fraction of sp³-hybridized carbons (Fsp3) is 0. The molecule has 0 saturated carbocycles. The summed E-state index contributed by atoms with van der Waals surface area (Å²) in [5.74, 6) is 0. The van der Waals surface area contributed by atoms with Crippen LogP contribution in [-0.2, 0) is 4.57 Å². The highest BCUT2D eigenvalue weighted by atomic mass is 31.2. The van der Waals surface area contributed by atoms with Gasteiger partial charge in [0.15, 0.2) is 7.14 Å². The van der Waals surface area contributed by atoms with Crippen LogP contribution in [0.4, 0.5) is 0 Å². The largest absolute Gasteiger partial charge is 0.309 e. The van der Waals surface area contributed by atoms with E-state index in [1.165, 1.54) is 76.1 Å². The third-order valence-electron chi connectivity index (χ3n) is 11.7. The second-order valence-electron chi connectivity index (χ2n) is 14.7. The van der Waals surface area contributed by atoms with Gasteiger partial charge in [-0.2, -0.15) is 0 Å². The fourth-order valence-electron chi connectivity index (χ4n) is 9.16. The number of hydrogen-bond acceptors (Lipinski definition) is 1. The lowest BCUT2D eigenvalue weighted by Gasteiger charge is -2.22. The van der Waals surface area contributed by atoms with Crippen LogP contribution in [0.2, 0.25) is 0 Å². The molecule has 0 aliphatic rings. The predicted octanol–water partition coefficient (Wildman–Crippen LogP) is 13.5. The fourth-order valence-corrected chi connectivity index (χ4v) is 11.9. The van der Waals surface area contributed by atoms with Crippen molar-refractivity contribution in [1.82, 2.24) is 0 Å². The van der Waals surface area contributed by atoms with Gasteiger partial charge >= 0.3 is 0 Å². The van der Waals surface area contributed by atoms with E-state index >= 15 is 4.57 Å². The topological polar surface area (TPSA) is 17.1 Å². The van der Waals surface area contributed by atoms with Crippen molar-refractivity contribution in [3.05, 3.63) is 212 Å². The van der Waals surface area contributed by atoms with Crippen molar-refractivity contribution < 1.29 is 4.57 Å². The van der Waals surface area contributed by atoms with Crippen molar-refractivity contribution in [1.29, 1.82) is 0 Å². The summed E-state index contributed by atoms with van der Waals surface area (Å²) < 4.78 is 15.5. The van der Waals surface area contributed by atoms with Gasteiger partial charge in [-0.1, -0.05) is 200 Å². The maximum atomic E-state index is 15.5. The van der Waals surface area contributed by atoms with Gasteiger partial charge in [-0.05, 0) is 99.4 Å². The first kappa shape index (κ1) is 32.6. The summed E-state index contributed by atoms with van der Waals surface area (Å²) in [6.45, 7) is 0. The Morgan fingerprint density at radius 1 is 0.286 bits per heavy atom. The van der Waals surface area contributed by atoms with Gasteiger partial charge in [0.25, 0.3) is 0 Å². The number of rotatable bonds is 6. The van der Waals surface area contributed by atoms with E-state index in [4.69, 9.17) is 0 Å². The molecule has 262 valence electrons. The molecule has 11 aromatic carbocycles. The highest BCUT2D eigenvalue weighted by Crippen LogP contribution is 2.47. The first-order valence-corrected chi connectivity index (χ1v) is 20.9. The van der Waals surface area contributed by atoms with Gasteiger partial charge in [-0.3, -0.25) is 0 Å². The van der Waals surface area contributed by atoms with Gasteiger partial charge in [0.1, 0.15) is 0 Å². The second kappa shape index (κ2) is 12.9. The Kier molecular flexibility index (Phi) is 7.52. The lowest BCUT2D eigenvalue weighted by Crippen LogP contribution is -2.25. The number of benzene rings is 11. The summed E-state index contributed by atoms with van der Waals surface area (Å²) in [6.07, 6.45) is 0. The quantitative estimate of drug-likeness (QED) is 0.0946. The summed E-state index contributed by atoms with van der Waals surface area (Å²) in [5.41, 5.74) is 7.03. The summed E-state index contributed by atoms with van der Waals surface area (Å²) in [4.78, 5) is 0. The molecular formula is C54H35OP. The zero-order chi connectivity index (χ0) is 37.2. The van der Waals surface area contributed by atoms with E-state index in [1.807, 2.05) is 66.7 Å². The van der Waals surface area contributed by atoms with Crippen molar-refractivity contribution in [2.45, 2.75) is 0 Å². The number of fused-ring (bicyclic) bond motifs is 2. The molecule has 0 heterocycles. The lowest BCUT2D eigenvalue weighted by molar-refractivity contribution is 0.592. The Balaban J connectivity index is 1.12. The third kappa shape index (κ3) is 4.98. The van der Waals surface area contributed by atoms with Gasteiger partial charge in [0.05, 0.1) is 0 Å². The van der Waals surface area contributed by atoms with Crippen molar-refractivity contribution in [3.63, 3.8) is 0 Å². The molecule has 0 amide bonds. The summed E-state index contributed by atoms with van der Waals surface area (Å²) >= 11 is 0. The van der Waals surface area contributed by atoms with Crippen LogP contribution in [-0.4, -0.2) is 0 Å². The van der Waals surface area contributed by atoms with E-state index in [9.17, 15) is 0 Å². The Labute approximate surface area is 325 Å². The minimum absolute atomic E-state index is 0.825. The van der Waals surface area contributed by atoms with E-state index in [0.29, 0.717) is 0 Å². The van der Waals surface area contributed by atoms with Crippen molar-refractivity contribution in [2.24, 2.45) is 0 Å². The molecule has 0 bridgehead atoms. The van der Waals surface area contributed by atoms with Crippen LogP contribution in [0.3, 0.4) is 0 Å². The molecule has 2 heteroatoms. The first-order chi connectivity index (χ1) is 27.7. The molecular weight excluding hydrogens is 696 g/mol. The molecule has 0 atom stereocenters. The molecule has 0 radical (unpaired) electrons. The van der Waals surface area contributed by atoms with Crippen LogP contribution < -0.4 is 15.9 Å². The smallest absolute Gasteiger partial charge is 0.171 e. The Morgan fingerprint density at radius 2 is 0.714 bits per heavy atom. The van der Waals surface area contributed by atoms with Crippen LogP contribution in [0.15, 0.2) is 212 Å². The van der Waals surface area contributed by atoms with Gasteiger partial charge in [0, 0.05) is 15.9 Å². The summed E-state index contributed by atoms with van der Waals surface area (Å²) in [6, 6.07) is 75.2. The zero-order valence-electron chi connectivity index (χ0n) is 30.6. The van der Waals surface area contributed by atoms with E-state index in [-0.39, 0.29) is 0 Å². The highest BCUT2D eigenvalue weighted by molar-refractivity contribution is 7.85. The standard InChI is InChI=1S/C54H35OP/c55-56(42-19-3-1-4-20-42,43-21-5-2-6-22-43)44-23-13-18-41(35-44)53-48-26-9-7-24-46(48)52(47-25-8-10-27-49(47)53)40-17-12-16-39(34-40)45-32-30-38-29-28-36-14-11-15-37-31-33-50(45)54(38)51(36)37/h1-35H. The van der Waals surface area contributed by atoms with Crippen molar-refractivity contribution >= 4 is 76.9 Å². The first-order valence-electron chi connectivity index (χ1n) is 19.2. The maximum absolute atomic E-state index is 15.5. The molecule has 0 aliphatic heterocycles. The summed E-state index contributed by atoms with van der Waals surface area (Å²) in [7, 11) is -3.17. The SMILES string of the molecule is O=P(c1ccccc1)(c1ccccc1)c1cccc(-c2c3ccccc3c(-c3cccc(-c4ccc5ccc6cccc7ccc4c5c67)c3)c3ccccc23)c1. The lowest BCUT2D eigenvalue weighted by atomic mass is 9.85. The minimum atomic E-state index is -3.17. The van der Waals surface area contributed by atoms with Crippen LogP contribution in [0.1, 0.15) is 0 Å². The highest BCUT2D eigenvalue weighted by Gasteiger charge is 2.30. The molecule has 0 aliphatic carbocycles. The van der Waals surface area contributed by atoms with E-state index in [1.54, 1.807) is 0 Å². The molecule has 56 heavy (non-hydrogen) atoms. The molecule has 1 nitrogen and oxygen atoms in total.